The van der Waals surface area contributed by atoms with E-state index in [0.29, 0.717) is 29.2 Å². The fraction of sp³-hybridized carbons (Fsp3) is 0.238. The molecule has 0 unspecified atom stereocenters. The third kappa shape index (κ3) is 5.54. The lowest BCUT2D eigenvalue weighted by Crippen LogP contribution is -2.06. The van der Waals surface area contributed by atoms with Crippen molar-refractivity contribution in [3.63, 3.8) is 0 Å². The van der Waals surface area contributed by atoms with Crippen molar-refractivity contribution in [2.75, 3.05) is 0 Å². The Morgan fingerprint density at radius 1 is 1.00 bits per heavy atom. The number of carbonyl (C=O) groups is 1. The van der Waals surface area contributed by atoms with Gasteiger partial charge in [-0.3, -0.25) is 0 Å². The maximum atomic E-state index is 12.2. The largest absolute Gasteiger partial charge is 0.489 e. The first kappa shape index (κ1) is 20.3. The van der Waals surface area contributed by atoms with Crippen molar-refractivity contribution in [3.8, 4) is 11.5 Å². The van der Waals surface area contributed by atoms with Gasteiger partial charge in [-0.2, -0.15) is 8.78 Å². The highest BCUT2D eigenvalue weighted by atomic mass is 19.3. The topological polar surface area (TPSA) is 70.8 Å². The van der Waals surface area contributed by atoms with Gasteiger partial charge in [0.05, 0.1) is 16.8 Å². The molecule has 0 saturated heterocycles. The number of carbonyl (C=O) groups excluding carboxylic acids is 1. The van der Waals surface area contributed by atoms with Gasteiger partial charge in [-0.25, -0.2) is 4.79 Å². The fourth-order valence-electron chi connectivity index (χ4n) is 2.55. The van der Waals surface area contributed by atoms with E-state index in [1.807, 2.05) is 13.8 Å². The van der Waals surface area contributed by atoms with E-state index in [2.05, 4.69) is 9.89 Å². The summed E-state index contributed by atoms with van der Waals surface area (Å²) in [4.78, 5) is 12.2. The third-order valence-electron chi connectivity index (χ3n) is 4.17. The summed E-state index contributed by atoms with van der Waals surface area (Å²) in [6.07, 6.45) is 0. The third-order valence-corrected chi connectivity index (χ3v) is 4.17. The van der Waals surface area contributed by atoms with Crippen molar-refractivity contribution >= 4 is 5.97 Å². The summed E-state index contributed by atoms with van der Waals surface area (Å²) in [6, 6.07) is 12.4. The number of nitrogens with zero attached hydrogens (tertiary/aromatic N) is 1. The van der Waals surface area contributed by atoms with Crippen molar-refractivity contribution < 1.29 is 32.3 Å². The summed E-state index contributed by atoms with van der Waals surface area (Å²) in [6.45, 7) is 1.11. The molecule has 0 spiro atoms. The Hall–Kier alpha value is -3.42. The molecule has 1 heterocycles. The van der Waals surface area contributed by atoms with Crippen LogP contribution in [-0.2, 0) is 18.0 Å². The van der Waals surface area contributed by atoms with Gasteiger partial charge in [0, 0.05) is 0 Å². The summed E-state index contributed by atoms with van der Waals surface area (Å²) in [5.74, 6) is 0.838. The van der Waals surface area contributed by atoms with Gasteiger partial charge in [-0.05, 0) is 55.8 Å². The second-order valence-corrected chi connectivity index (χ2v) is 6.21. The van der Waals surface area contributed by atoms with Crippen LogP contribution in [0.3, 0.4) is 0 Å². The smallest absolute Gasteiger partial charge is 0.387 e. The van der Waals surface area contributed by atoms with E-state index in [9.17, 15) is 13.6 Å². The van der Waals surface area contributed by atoms with Crippen LogP contribution in [0.25, 0.3) is 0 Å². The Morgan fingerprint density at radius 2 is 1.66 bits per heavy atom. The lowest BCUT2D eigenvalue weighted by Gasteiger charge is -2.08. The van der Waals surface area contributed by atoms with E-state index in [1.165, 1.54) is 12.1 Å². The van der Waals surface area contributed by atoms with E-state index >= 15 is 0 Å². The van der Waals surface area contributed by atoms with Crippen LogP contribution in [0.1, 0.15) is 32.9 Å². The van der Waals surface area contributed by atoms with Gasteiger partial charge in [0.2, 0.25) is 0 Å². The molecule has 0 amide bonds. The summed E-state index contributed by atoms with van der Waals surface area (Å²) < 4.78 is 44.6. The van der Waals surface area contributed by atoms with Gasteiger partial charge in [0.1, 0.15) is 30.5 Å². The number of hydrogen-bond acceptors (Lipinski definition) is 6. The minimum Gasteiger partial charge on any atom is -0.489 e. The van der Waals surface area contributed by atoms with Gasteiger partial charge >= 0.3 is 12.6 Å². The van der Waals surface area contributed by atoms with Crippen LogP contribution >= 0.6 is 0 Å². The molecule has 1 aromatic heterocycles. The number of rotatable bonds is 8. The maximum absolute atomic E-state index is 12.2. The molecule has 0 N–H and O–H groups in total. The maximum Gasteiger partial charge on any atom is 0.387 e. The highest BCUT2D eigenvalue weighted by Crippen LogP contribution is 2.19. The molecule has 0 atom stereocenters. The Kier molecular flexibility index (Phi) is 6.43. The zero-order valence-electron chi connectivity index (χ0n) is 15.9. The predicted molar refractivity (Wildman–Crippen MR) is 98.9 cm³/mol. The number of ether oxygens (including phenoxy) is 3. The van der Waals surface area contributed by atoms with Crippen molar-refractivity contribution in [2.45, 2.75) is 33.7 Å². The molecule has 0 saturated carbocycles. The number of aryl methyl sites for hydroxylation is 2. The minimum atomic E-state index is -2.88. The van der Waals surface area contributed by atoms with Gasteiger partial charge in [0.25, 0.3) is 0 Å². The van der Waals surface area contributed by atoms with Gasteiger partial charge < -0.3 is 18.7 Å². The van der Waals surface area contributed by atoms with Crippen molar-refractivity contribution in [1.29, 1.82) is 0 Å². The highest BCUT2D eigenvalue weighted by Gasteiger charge is 2.11. The molecule has 29 heavy (non-hydrogen) atoms. The van der Waals surface area contributed by atoms with E-state index in [4.69, 9.17) is 14.0 Å². The predicted octanol–water partition coefficient (Wildman–Crippen LogP) is 4.83. The standard InChI is InChI=1S/C21H19F2NO5/c1-13-19(14(2)29-24-13)12-26-17-9-5-16(6-10-17)20(25)27-11-15-3-7-18(8-4-15)28-21(22)23/h3-10,21H,11-12H2,1-2H3. The van der Waals surface area contributed by atoms with Crippen molar-refractivity contribution in [2.24, 2.45) is 0 Å². The van der Waals surface area contributed by atoms with E-state index in [1.54, 1.807) is 36.4 Å². The number of benzene rings is 2. The van der Waals surface area contributed by atoms with Crippen LogP contribution in [0.5, 0.6) is 11.5 Å². The lowest BCUT2D eigenvalue weighted by molar-refractivity contribution is -0.0498. The Bertz CT molecular complexity index is 933. The van der Waals surface area contributed by atoms with E-state index in [-0.39, 0.29) is 12.4 Å². The second-order valence-electron chi connectivity index (χ2n) is 6.21. The van der Waals surface area contributed by atoms with Crippen LogP contribution in [-0.4, -0.2) is 17.7 Å². The molecule has 152 valence electrons. The van der Waals surface area contributed by atoms with Crippen LogP contribution < -0.4 is 9.47 Å². The van der Waals surface area contributed by atoms with Gasteiger partial charge in [-0.1, -0.05) is 17.3 Å². The number of hydrogen-bond donors (Lipinski definition) is 0. The minimum absolute atomic E-state index is 0.0120. The van der Waals surface area contributed by atoms with Crippen LogP contribution in [0.15, 0.2) is 53.1 Å². The number of aromatic nitrogens is 1. The summed E-state index contributed by atoms with van der Waals surface area (Å²) in [7, 11) is 0. The number of halogens is 2. The fourth-order valence-corrected chi connectivity index (χ4v) is 2.55. The average molecular weight is 403 g/mol. The van der Waals surface area contributed by atoms with Crippen molar-refractivity contribution in [1.82, 2.24) is 5.16 Å². The molecule has 0 aliphatic heterocycles. The molecule has 6 nitrogen and oxygen atoms in total. The molecule has 0 radical (unpaired) electrons. The van der Waals surface area contributed by atoms with E-state index in [0.717, 1.165) is 11.3 Å². The van der Waals surface area contributed by atoms with Crippen LogP contribution in [0, 0.1) is 13.8 Å². The molecular weight excluding hydrogens is 384 g/mol. The number of alkyl halides is 2. The first-order chi connectivity index (χ1) is 13.9. The molecule has 0 aliphatic carbocycles. The first-order valence-electron chi connectivity index (χ1n) is 8.78. The van der Waals surface area contributed by atoms with E-state index < -0.39 is 12.6 Å². The van der Waals surface area contributed by atoms with Gasteiger partial charge in [-0.15, -0.1) is 0 Å². The normalized spacial score (nSPS) is 10.8. The molecule has 3 rings (SSSR count). The Balaban J connectivity index is 1.51. The second kappa shape index (κ2) is 9.18. The molecule has 0 bridgehead atoms. The summed E-state index contributed by atoms with van der Waals surface area (Å²) in [5.41, 5.74) is 2.68. The zero-order chi connectivity index (χ0) is 20.8. The highest BCUT2D eigenvalue weighted by molar-refractivity contribution is 5.89. The molecule has 3 aromatic rings. The van der Waals surface area contributed by atoms with Crippen LogP contribution in [0.4, 0.5) is 8.78 Å². The molecule has 8 heteroatoms. The first-order valence-corrected chi connectivity index (χ1v) is 8.78. The SMILES string of the molecule is Cc1noc(C)c1COc1ccc(C(=O)OCc2ccc(OC(F)F)cc2)cc1. The van der Waals surface area contributed by atoms with Gasteiger partial charge in [0.15, 0.2) is 0 Å². The zero-order valence-corrected chi connectivity index (χ0v) is 15.9. The lowest BCUT2D eigenvalue weighted by atomic mass is 10.2. The average Bonchev–Trinajstić information content (AvgIpc) is 3.03. The van der Waals surface area contributed by atoms with Crippen molar-refractivity contribution in [3.05, 3.63) is 76.7 Å². The van der Waals surface area contributed by atoms with Crippen LogP contribution in [0.2, 0.25) is 0 Å². The molecule has 0 fully saturated rings. The molecule has 0 aliphatic rings. The molecule has 2 aromatic carbocycles. The quantitative estimate of drug-likeness (QED) is 0.502. The Morgan fingerprint density at radius 3 is 2.24 bits per heavy atom. The number of esters is 1. The summed E-state index contributed by atoms with van der Waals surface area (Å²) in [5, 5.41) is 3.87. The Labute approximate surface area is 166 Å². The molecular formula is C21H19F2NO5. The summed E-state index contributed by atoms with van der Waals surface area (Å²) >= 11 is 0. The monoisotopic (exact) mass is 403 g/mol.